The maximum Gasteiger partial charge on any atom is 0.161 e. The number of likely N-dealkylation sites (tertiary alicyclic amines) is 1. The Morgan fingerprint density at radius 3 is 2.56 bits per heavy atom. The van der Waals surface area contributed by atoms with Gasteiger partial charge >= 0.3 is 0 Å². The van der Waals surface area contributed by atoms with E-state index in [9.17, 15) is 0 Å². The van der Waals surface area contributed by atoms with Crippen LogP contribution in [0, 0.1) is 0 Å². The van der Waals surface area contributed by atoms with Crippen LogP contribution in [0.4, 0.5) is 0 Å². The fourth-order valence-electron chi connectivity index (χ4n) is 3.49. The number of hydrogen-bond acceptors (Lipinski definition) is 4. The number of benzene rings is 2. The molecule has 0 bridgehead atoms. The van der Waals surface area contributed by atoms with Crippen molar-refractivity contribution < 1.29 is 9.47 Å². The summed E-state index contributed by atoms with van der Waals surface area (Å²) in [5, 5.41) is 3.70. The molecule has 27 heavy (non-hydrogen) atoms. The monoisotopic (exact) mass is 366 g/mol. The van der Waals surface area contributed by atoms with Gasteiger partial charge in [0.1, 0.15) is 6.61 Å². The molecule has 1 fully saturated rings. The molecule has 4 nitrogen and oxygen atoms in total. The van der Waals surface area contributed by atoms with E-state index >= 15 is 0 Å². The summed E-state index contributed by atoms with van der Waals surface area (Å²) in [4.78, 5) is 2.54. The summed E-state index contributed by atoms with van der Waals surface area (Å²) in [7, 11) is 1.68. The number of methoxy groups -OCH3 is 1. The van der Waals surface area contributed by atoms with Crippen LogP contribution < -0.4 is 14.8 Å². The lowest BCUT2D eigenvalue weighted by Gasteiger charge is -2.32. The molecule has 2 aromatic rings. The van der Waals surface area contributed by atoms with E-state index in [0.717, 1.165) is 37.7 Å². The number of rotatable bonds is 9. The third-order valence-corrected chi connectivity index (χ3v) is 5.02. The molecule has 1 aliphatic heterocycles. The minimum absolute atomic E-state index is 0.482. The van der Waals surface area contributed by atoms with Crippen LogP contribution in [0.5, 0.6) is 11.5 Å². The van der Waals surface area contributed by atoms with Crippen LogP contribution in [0.2, 0.25) is 0 Å². The average molecular weight is 367 g/mol. The molecule has 0 unspecified atom stereocenters. The molecule has 1 aliphatic rings. The van der Waals surface area contributed by atoms with Gasteiger partial charge in [-0.15, -0.1) is 0 Å². The van der Waals surface area contributed by atoms with E-state index in [-0.39, 0.29) is 0 Å². The average Bonchev–Trinajstić information content (AvgIpc) is 2.72. The Morgan fingerprint density at radius 2 is 1.85 bits per heavy atom. The molecule has 144 valence electrons. The van der Waals surface area contributed by atoms with Crippen LogP contribution in [0.25, 0.3) is 0 Å². The van der Waals surface area contributed by atoms with Crippen LogP contribution in [-0.2, 0) is 13.1 Å². The van der Waals surface area contributed by atoms with E-state index in [2.05, 4.69) is 59.3 Å². The summed E-state index contributed by atoms with van der Waals surface area (Å²) in [5.74, 6) is 1.53. The highest BCUT2D eigenvalue weighted by atomic mass is 16.5. The van der Waals surface area contributed by atoms with Crippen LogP contribution in [0.1, 0.15) is 24.0 Å². The third-order valence-electron chi connectivity index (χ3n) is 5.02. The highest BCUT2D eigenvalue weighted by molar-refractivity contribution is 5.43. The van der Waals surface area contributed by atoms with Gasteiger partial charge in [0.25, 0.3) is 0 Å². The summed E-state index contributed by atoms with van der Waals surface area (Å²) in [6.07, 6.45) is 4.11. The van der Waals surface area contributed by atoms with Crippen molar-refractivity contribution in [2.24, 2.45) is 0 Å². The zero-order valence-electron chi connectivity index (χ0n) is 16.2. The topological polar surface area (TPSA) is 33.7 Å². The Hall–Kier alpha value is -2.30. The summed E-state index contributed by atoms with van der Waals surface area (Å²) in [6.45, 7) is 8.35. The SMILES string of the molecule is C=CCOc1ccc(CNC2CCN(Cc3ccccc3)CC2)cc1OC. The van der Waals surface area contributed by atoms with Gasteiger partial charge in [-0.25, -0.2) is 0 Å². The quantitative estimate of drug-likeness (QED) is 0.680. The Labute approximate surface area is 162 Å². The number of ether oxygens (including phenoxy) is 2. The second-order valence-electron chi connectivity index (χ2n) is 7.00. The zero-order valence-corrected chi connectivity index (χ0v) is 16.2. The van der Waals surface area contributed by atoms with Crippen LogP contribution in [0.15, 0.2) is 61.2 Å². The molecule has 1 heterocycles. The highest BCUT2D eigenvalue weighted by Crippen LogP contribution is 2.28. The molecule has 4 heteroatoms. The maximum atomic E-state index is 5.62. The molecule has 3 rings (SSSR count). The van der Waals surface area contributed by atoms with Gasteiger partial charge in [0.2, 0.25) is 0 Å². The van der Waals surface area contributed by atoms with Crippen molar-refractivity contribution in [3.63, 3.8) is 0 Å². The summed E-state index contributed by atoms with van der Waals surface area (Å²) >= 11 is 0. The largest absolute Gasteiger partial charge is 0.493 e. The van der Waals surface area contributed by atoms with Crippen LogP contribution in [0.3, 0.4) is 0 Å². The first-order valence-corrected chi connectivity index (χ1v) is 9.68. The van der Waals surface area contributed by atoms with Gasteiger partial charge in [-0.3, -0.25) is 4.90 Å². The van der Waals surface area contributed by atoms with E-state index in [4.69, 9.17) is 9.47 Å². The standard InChI is InChI=1S/C23H30N2O2/c1-3-15-27-22-10-9-20(16-23(22)26-2)17-24-21-11-13-25(14-12-21)18-19-7-5-4-6-8-19/h3-10,16,21,24H,1,11-15,17-18H2,2H3. The molecule has 0 radical (unpaired) electrons. The Bertz CT molecular complexity index is 710. The van der Waals surface area contributed by atoms with Gasteiger partial charge in [-0.05, 0) is 49.2 Å². The molecule has 1 saturated heterocycles. The number of nitrogens with one attached hydrogen (secondary N) is 1. The smallest absolute Gasteiger partial charge is 0.161 e. The number of piperidine rings is 1. The van der Waals surface area contributed by atoms with E-state index in [0.29, 0.717) is 12.6 Å². The molecule has 0 atom stereocenters. The molecule has 1 N–H and O–H groups in total. The number of hydrogen-bond donors (Lipinski definition) is 1. The van der Waals surface area contributed by atoms with Gasteiger partial charge in [0.05, 0.1) is 7.11 Å². The molecule has 0 aliphatic carbocycles. The normalized spacial score (nSPS) is 15.4. The van der Waals surface area contributed by atoms with E-state index in [1.807, 2.05) is 6.07 Å². The van der Waals surface area contributed by atoms with Gasteiger partial charge in [0.15, 0.2) is 11.5 Å². The van der Waals surface area contributed by atoms with Gasteiger partial charge in [0, 0.05) is 19.1 Å². The van der Waals surface area contributed by atoms with Crippen molar-refractivity contribution in [1.29, 1.82) is 0 Å². The van der Waals surface area contributed by atoms with Crippen molar-refractivity contribution in [2.45, 2.75) is 32.0 Å². The van der Waals surface area contributed by atoms with Crippen molar-refractivity contribution in [1.82, 2.24) is 10.2 Å². The summed E-state index contributed by atoms with van der Waals surface area (Å²) < 4.78 is 11.1. The predicted molar refractivity (Wildman–Crippen MR) is 110 cm³/mol. The first-order chi connectivity index (χ1) is 13.3. The molecule has 2 aromatic carbocycles. The van der Waals surface area contributed by atoms with Crippen molar-refractivity contribution >= 4 is 0 Å². The minimum atomic E-state index is 0.482. The third kappa shape index (κ3) is 5.84. The zero-order chi connectivity index (χ0) is 18.9. The van der Waals surface area contributed by atoms with Crippen molar-refractivity contribution in [2.75, 3.05) is 26.8 Å². The van der Waals surface area contributed by atoms with Crippen molar-refractivity contribution in [3.05, 3.63) is 72.3 Å². The van der Waals surface area contributed by atoms with Gasteiger partial charge in [-0.2, -0.15) is 0 Å². The molecule has 0 aromatic heterocycles. The lowest BCUT2D eigenvalue weighted by molar-refractivity contribution is 0.190. The molecule has 0 spiro atoms. The molecule has 0 saturated carbocycles. The van der Waals surface area contributed by atoms with Crippen LogP contribution >= 0.6 is 0 Å². The minimum Gasteiger partial charge on any atom is -0.493 e. The van der Waals surface area contributed by atoms with Crippen LogP contribution in [-0.4, -0.2) is 37.7 Å². The van der Waals surface area contributed by atoms with Crippen molar-refractivity contribution in [3.8, 4) is 11.5 Å². The fourth-order valence-corrected chi connectivity index (χ4v) is 3.49. The Balaban J connectivity index is 1.45. The Morgan fingerprint density at radius 1 is 1.07 bits per heavy atom. The predicted octanol–water partition coefficient (Wildman–Crippen LogP) is 4.01. The molecule has 0 amide bonds. The highest BCUT2D eigenvalue weighted by Gasteiger charge is 2.19. The van der Waals surface area contributed by atoms with Gasteiger partial charge < -0.3 is 14.8 Å². The summed E-state index contributed by atoms with van der Waals surface area (Å²) in [5.41, 5.74) is 2.61. The van der Waals surface area contributed by atoms with E-state index < -0.39 is 0 Å². The lowest BCUT2D eigenvalue weighted by Crippen LogP contribution is -2.41. The second kappa shape index (κ2) is 10.1. The fraction of sp³-hybridized carbons (Fsp3) is 0.391. The first kappa shape index (κ1) is 19.5. The Kier molecular flexibility index (Phi) is 7.31. The number of nitrogens with zero attached hydrogens (tertiary/aromatic N) is 1. The van der Waals surface area contributed by atoms with E-state index in [1.165, 1.54) is 24.0 Å². The van der Waals surface area contributed by atoms with E-state index in [1.54, 1.807) is 13.2 Å². The van der Waals surface area contributed by atoms with Gasteiger partial charge in [-0.1, -0.05) is 49.1 Å². The lowest BCUT2D eigenvalue weighted by atomic mass is 10.0. The molecular weight excluding hydrogens is 336 g/mol. The maximum absolute atomic E-state index is 5.62. The summed E-state index contributed by atoms with van der Waals surface area (Å²) in [6, 6.07) is 17.4. The molecular formula is C23H30N2O2. The first-order valence-electron chi connectivity index (χ1n) is 9.68. The second-order valence-corrected chi connectivity index (χ2v) is 7.00.